The number of aryl methyl sites for hydroxylation is 1. The van der Waals surface area contributed by atoms with Crippen LogP contribution >= 0.6 is 0 Å². The molecular formula is C21H28N6O. The first-order valence-corrected chi connectivity index (χ1v) is 9.75. The summed E-state index contributed by atoms with van der Waals surface area (Å²) in [5.74, 6) is 0.587. The highest BCUT2D eigenvalue weighted by atomic mass is 16.5. The van der Waals surface area contributed by atoms with E-state index >= 15 is 0 Å². The second kappa shape index (κ2) is 7.48. The number of nitrogens with zero attached hydrogens (tertiary/aromatic N) is 5. The van der Waals surface area contributed by atoms with Crippen LogP contribution in [0.3, 0.4) is 0 Å². The molecule has 2 aromatic heterocycles. The van der Waals surface area contributed by atoms with E-state index < -0.39 is 0 Å². The maximum absolute atomic E-state index is 5.51. The Hall–Kier alpha value is -2.51. The van der Waals surface area contributed by atoms with Crippen molar-refractivity contribution in [1.29, 1.82) is 0 Å². The Bertz CT molecular complexity index is 980. The van der Waals surface area contributed by atoms with Gasteiger partial charge in [0.25, 0.3) is 0 Å². The lowest BCUT2D eigenvalue weighted by atomic mass is 9.99. The third-order valence-electron chi connectivity index (χ3n) is 5.52. The number of likely N-dealkylation sites (N-methyl/N-ethyl adjacent to an activating group) is 1. The third kappa shape index (κ3) is 4.00. The van der Waals surface area contributed by atoms with Crippen molar-refractivity contribution in [2.24, 2.45) is 0 Å². The van der Waals surface area contributed by atoms with Gasteiger partial charge in [0.15, 0.2) is 5.65 Å². The summed E-state index contributed by atoms with van der Waals surface area (Å²) in [6.45, 7) is 6.99. The molecule has 0 radical (unpaired) electrons. The smallest absolute Gasteiger partial charge is 0.229 e. The predicted molar refractivity (Wildman–Crippen MR) is 111 cm³/mol. The molecule has 0 amide bonds. The summed E-state index contributed by atoms with van der Waals surface area (Å²) < 4.78 is 7.44. The van der Waals surface area contributed by atoms with Crippen molar-refractivity contribution >= 4 is 22.7 Å². The Labute approximate surface area is 165 Å². The number of aromatic nitrogens is 4. The molecule has 1 aliphatic heterocycles. The molecule has 0 bridgehead atoms. The number of nitrogens with one attached hydrogen (secondary N) is 1. The fourth-order valence-electron chi connectivity index (χ4n) is 3.47. The van der Waals surface area contributed by atoms with Crippen LogP contribution in [0.1, 0.15) is 31.4 Å². The van der Waals surface area contributed by atoms with E-state index in [0.29, 0.717) is 5.95 Å². The quantitative estimate of drug-likeness (QED) is 0.707. The summed E-state index contributed by atoms with van der Waals surface area (Å²) in [4.78, 5) is 11.5. The largest absolute Gasteiger partial charge is 0.379 e. The van der Waals surface area contributed by atoms with E-state index in [0.717, 1.165) is 49.2 Å². The van der Waals surface area contributed by atoms with Gasteiger partial charge in [-0.1, -0.05) is 6.07 Å². The van der Waals surface area contributed by atoms with E-state index in [1.807, 2.05) is 17.1 Å². The number of fused-ring (bicyclic) bond motifs is 2. The molecule has 28 heavy (non-hydrogen) atoms. The summed E-state index contributed by atoms with van der Waals surface area (Å²) in [6, 6.07) is 6.52. The summed E-state index contributed by atoms with van der Waals surface area (Å²) in [5, 5.41) is 8.76. The first kappa shape index (κ1) is 18.8. The van der Waals surface area contributed by atoms with Gasteiger partial charge in [0.05, 0.1) is 17.2 Å². The molecule has 7 nitrogen and oxygen atoms in total. The van der Waals surface area contributed by atoms with Crippen molar-refractivity contribution in [3.05, 3.63) is 41.7 Å². The van der Waals surface area contributed by atoms with E-state index in [1.165, 1.54) is 11.1 Å². The molecule has 0 atom stereocenters. The second-order valence-electron chi connectivity index (χ2n) is 8.15. The molecule has 0 spiro atoms. The van der Waals surface area contributed by atoms with Crippen LogP contribution in [0.25, 0.3) is 11.0 Å². The van der Waals surface area contributed by atoms with Crippen LogP contribution in [0.5, 0.6) is 0 Å². The van der Waals surface area contributed by atoms with Gasteiger partial charge in [-0.25, -0.2) is 9.67 Å². The first-order valence-electron chi connectivity index (χ1n) is 9.75. The molecule has 3 heterocycles. The average Bonchev–Trinajstić information content (AvgIpc) is 3.08. The zero-order chi connectivity index (χ0) is 19.7. The van der Waals surface area contributed by atoms with Crippen LogP contribution in [-0.4, -0.2) is 51.0 Å². The van der Waals surface area contributed by atoms with Crippen molar-refractivity contribution in [3.63, 3.8) is 0 Å². The Morgan fingerprint density at radius 1 is 1.21 bits per heavy atom. The summed E-state index contributed by atoms with van der Waals surface area (Å²) in [7, 11) is 3.90. The van der Waals surface area contributed by atoms with Crippen LogP contribution < -0.4 is 5.32 Å². The molecule has 1 aromatic carbocycles. The summed E-state index contributed by atoms with van der Waals surface area (Å²) in [6.07, 6.45) is 5.59. The fraction of sp³-hybridized carbons (Fsp3) is 0.476. The highest BCUT2D eigenvalue weighted by Crippen LogP contribution is 2.24. The lowest BCUT2D eigenvalue weighted by Crippen LogP contribution is -2.26. The highest BCUT2D eigenvalue weighted by Gasteiger charge is 2.18. The van der Waals surface area contributed by atoms with Crippen LogP contribution in [-0.2, 0) is 24.2 Å². The van der Waals surface area contributed by atoms with Crippen LogP contribution in [0, 0.1) is 0 Å². The number of anilines is 2. The van der Waals surface area contributed by atoms with Gasteiger partial charge < -0.3 is 15.0 Å². The molecule has 0 unspecified atom stereocenters. The SMILES string of the molecule is COC(C)(C)CCn1ncc2cnc(Nc3ccc4c(c3)CN(C)CC4)nc21. The Kier molecular flexibility index (Phi) is 5.03. The lowest BCUT2D eigenvalue weighted by Gasteiger charge is -2.25. The van der Waals surface area contributed by atoms with Crippen molar-refractivity contribution < 1.29 is 4.74 Å². The van der Waals surface area contributed by atoms with E-state index in [9.17, 15) is 0 Å². The zero-order valence-corrected chi connectivity index (χ0v) is 17.1. The Balaban J connectivity index is 1.55. The normalized spacial score (nSPS) is 15.0. The van der Waals surface area contributed by atoms with Gasteiger partial charge >= 0.3 is 0 Å². The minimum atomic E-state index is -0.192. The van der Waals surface area contributed by atoms with Gasteiger partial charge in [0.1, 0.15) is 0 Å². The number of hydrogen-bond acceptors (Lipinski definition) is 6. The van der Waals surface area contributed by atoms with Gasteiger partial charge in [0.2, 0.25) is 5.95 Å². The Morgan fingerprint density at radius 2 is 2.07 bits per heavy atom. The molecule has 4 rings (SSSR count). The Morgan fingerprint density at radius 3 is 2.89 bits per heavy atom. The fourth-order valence-corrected chi connectivity index (χ4v) is 3.47. The molecular weight excluding hydrogens is 352 g/mol. The van der Waals surface area contributed by atoms with Crippen molar-refractivity contribution in [1.82, 2.24) is 24.6 Å². The number of benzene rings is 1. The summed E-state index contributed by atoms with van der Waals surface area (Å²) >= 11 is 0. The van der Waals surface area contributed by atoms with Gasteiger partial charge in [-0.2, -0.15) is 10.1 Å². The maximum atomic E-state index is 5.51. The van der Waals surface area contributed by atoms with Crippen LogP contribution in [0.15, 0.2) is 30.6 Å². The molecule has 1 aliphatic rings. The lowest BCUT2D eigenvalue weighted by molar-refractivity contribution is 0.0115. The van der Waals surface area contributed by atoms with Crippen molar-refractivity contribution in [2.75, 3.05) is 26.0 Å². The maximum Gasteiger partial charge on any atom is 0.229 e. The van der Waals surface area contributed by atoms with E-state index in [-0.39, 0.29) is 5.60 Å². The van der Waals surface area contributed by atoms with Gasteiger partial charge in [-0.05, 0) is 57.0 Å². The topological polar surface area (TPSA) is 68.1 Å². The summed E-state index contributed by atoms with van der Waals surface area (Å²) in [5.41, 5.74) is 4.45. The molecule has 7 heteroatoms. The van der Waals surface area contributed by atoms with Crippen molar-refractivity contribution in [3.8, 4) is 0 Å². The van der Waals surface area contributed by atoms with Crippen molar-refractivity contribution in [2.45, 2.75) is 45.4 Å². The molecule has 3 aromatic rings. The molecule has 0 fully saturated rings. The average molecular weight is 380 g/mol. The number of rotatable bonds is 6. The van der Waals surface area contributed by atoms with E-state index in [1.54, 1.807) is 7.11 Å². The monoisotopic (exact) mass is 380 g/mol. The zero-order valence-electron chi connectivity index (χ0n) is 17.1. The number of hydrogen-bond donors (Lipinski definition) is 1. The standard InChI is InChI=1S/C21H28N6O/c1-21(2,28-4)8-10-27-19-17(13-23-27)12-22-20(25-19)24-18-6-5-15-7-9-26(3)14-16(15)11-18/h5-6,11-13H,7-10,14H2,1-4H3,(H,22,24,25). The molecule has 1 N–H and O–H groups in total. The molecule has 0 saturated carbocycles. The van der Waals surface area contributed by atoms with E-state index in [4.69, 9.17) is 9.72 Å². The predicted octanol–water partition coefficient (Wildman–Crippen LogP) is 3.37. The van der Waals surface area contributed by atoms with Crippen LogP contribution in [0.4, 0.5) is 11.6 Å². The van der Waals surface area contributed by atoms with Gasteiger partial charge in [0, 0.05) is 38.6 Å². The van der Waals surface area contributed by atoms with Crippen LogP contribution in [0.2, 0.25) is 0 Å². The highest BCUT2D eigenvalue weighted by molar-refractivity contribution is 5.75. The third-order valence-corrected chi connectivity index (χ3v) is 5.52. The minimum Gasteiger partial charge on any atom is -0.379 e. The molecule has 0 aliphatic carbocycles. The second-order valence-corrected chi connectivity index (χ2v) is 8.15. The van der Waals surface area contributed by atoms with Gasteiger partial charge in [-0.3, -0.25) is 0 Å². The first-order chi connectivity index (χ1) is 13.4. The molecule has 148 valence electrons. The van der Waals surface area contributed by atoms with Gasteiger partial charge in [-0.15, -0.1) is 0 Å². The number of ether oxygens (including phenoxy) is 1. The number of methoxy groups -OCH3 is 1. The molecule has 0 saturated heterocycles. The van der Waals surface area contributed by atoms with E-state index in [2.05, 4.69) is 59.4 Å². The minimum absolute atomic E-state index is 0.192.